The first-order valence-electron chi connectivity index (χ1n) is 12.7. The monoisotopic (exact) mass is 516 g/mol. The molecule has 0 unspecified atom stereocenters. The third kappa shape index (κ3) is 3.02. The molecule has 0 N–H and O–H groups in total. The fraction of sp³-hybridized carbons (Fsp3) is 0.156. The number of carbonyl (C=O) groups excluding carboxylic acids is 2. The molecule has 0 bridgehead atoms. The van der Waals surface area contributed by atoms with E-state index in [4.69, 9.17) is 19.2 Å². The van der Waals surface area contributed by atoms with Crippen LogP contribution in [-0.4, -0.2) is 36.3 Å². The van der Waals surface area contributed by atoms with Crippen LogP contribution in [-0.2, 0) is 31.0 Å². The number of anilines is 1. The second-order valence-corrected chi connectivity index (χ2v) is 9.78. The molecule has 0 radical (unpaired) electrons. The van der Waals surface area contributed by atoms with Gasteiger partial charge in [-0.05, 0) is 35.9 Å². The maximum atomic E-state index is 14.7. The van der Waals surface area contributed by atoms with Gasteiger partial charge in [-0.25, -0.2) is 9.89 Å². The van der Waals surface area contributed by atoms with Gasteiger partial charge in [0.15, 0.2) is 0 Å². The van der Waals surface area contributed by atoms with Gasteiger partial charge in [-0.15, -0.1) is 0 Å². The Bertz CT molecular complexity index is 1620. The Morgan fingerprint density at radius 2 is 1.41 bits per heavy atom. The zero-order valence-electron chi connectivity index (χ0n) is 21.1. The third-order valence-corrected chi connectivity index (χ3v) is 7.75. The van der Waals surface area contributed by atoms with E-state index >= 15 is 0 Å². The van der Waals surface area contributed by atoms with Crippen LogP contribution in [0.4, 0.5) is 5.69 Å². The first-order valence-corrected chi connectivity index (χ1v) is 12.7. The highest BCUT2D eigenvalue weighted by atomic mass is 16.9. The number of hydrogen-bond donors (Lipinski definition) is 0. The van der Waals surface area contributed by atoms with E-state index in [1.807, 2.05) is 66.7 Å². The number of para-hydroxylation sites is 1. The van der Waals surface area contributed by atoms with Crippen LogP contribution in [0.2, 0.25) is 0 Å². The molecule has 7 rings (SSSR count). The van der Waals surface area contributed by atoms with Crippen molar-refractivity contribution in [2.24, 2.45) is 4.99 Å². The highest BCUT2D eigenvalue weighted by molar-refractivity contribution is 6.28. The van der Waals surface area contributed by atoms with Crippen LogP contribution < -0.4 is 4.90 Å². The minimum atomic E-state index is -1.70. The topological polar surface area (TPSA) is 77.4 Å². The molecule has 4 aromatic rings. The van der Waals surface area contributed by atoms with Crippen LogP contribution in [0.15, 0.2) is 120 Å². The van der Waals surface area contributed by atoms with Gasteiger partial charge in [0.2, 0.25) is 17.0 Å². The summed E-state index contributed by atoms with van der Waals surface area (Å²) in [5, 5.41) is 0. The lowest BCUT2D eigenvalue weighted by atomic mass is 9.62. The molecule has 0 aliphatic carbocycles. The Hall–Kier alpha value is -4.59. The quantitative estimate of drug-likeness (QED) is 0.354. The molecule has 4 aromatic carbocycles. The van der Waals surface area contributed by atoms with E-state index in [0.29, 0.717) is 22.7 Å². The number of nitrogens with zero attached hydrogens (tertiary/aromatic N) is 2. The van der Waals surface area contributed by atoms with Crippen molar-refractivity contribution in [2.75, 3.05) is 12.0 Å². The van der Waals surface area contributed by atoms with Crippen molar-refractivity contribution >= 4 is 23.4 Å². The summed E-state index contributed by atoms with van der Waals surface area (Å²) in [5.41, 5.74) is -0.198. The second-order valence-electron chi connectivity index (χ2n) is 9.78. The molecule has 1 fully saturated rings. The number of imide groups is 1. The molecule has 0 saturated carbocycles. The zero-order valence-corrected chi connectivity index (χ0v) is 21.1. The fourth-order valence-electron chi connectivity index (χ4n) is 6.01. The Morgan fingerprint density at radius 3 is 2.10 bits per heavy atom. The van der Waals surface area contributed by atoms with Gasteiger partial charge in [-0.2, -0.15) is 0 Å². The molecule has 7 nitrogen and oxygen atoms in total. The third-order valence-electron chi connectivity index (χ3n) is 7.75. The maximum Gasteiger partial charge on any atom is 0.360 e. The Balaban J connectivity index is 1.52. The highest BCUT2D eigenvalue weighted by Crippen LogP contribution is 2.66. The summed E-state index contributed by atoms with van der Waals surface area (Å²) < 4.78 is 18.9. The molecule has 1 saturated heterocycles. The van der Waals surface area contributed by atoms with Crippen LogP contribution in [0.3, 0.4) is 0 Å². The normalized spacial score (nSPS) is 26.9. The lowest BCUT2D eigenvalue weighted by molar-refractivity contribution is -0.487. The molecule has 3 heterocycles. The van der Waals surface area contributed by atoms with Gasteiger partial charge in [0.1, 0.15) is 0 Å². The van der Waals surface area contributed by atoms with E-state index in [1.54, 1.807) is 48.5 Å². The molecule has 1 spiro atoms. The summed E-state index contributed by atoms with van der Waals surface area (Å²) in [4.78, 5) is 34.9. The predicted octanol–water partition coefficient (Wildman–Crippen LogP) is 4.86. The Labute approximate surface area is 225 Å². The van der Waals surface area contributed by atoms with E-state index < -0.39 is 28.9 Å². The minimum absolute atomic E-state index is 0.259. The molecule has 192 valence electrons. The smallest absolute Gasteiger partial charge is 0.360 e. The molecule has 3 atom stereocenters. The standard InChI is InChI=1S/C32H24N2O5/c1-37-32-30(21-22-13-5-2-6-14-22,33-27(38-32)23-15-7-3-8-16-23)31(39-32)26-20-12-11-19-25(26)28(35)34(29(31)36)24-17-9-4-10-18-24/h2-20H,21H2,1H3/t30-,31+,32+/m0/s1. The van der Waals surface area contributed by atoms with Crippen LogP contribution in [0.1, 0.15) is 27.0 Å². The van der Waals surface area contributed by atoms with Crippen LogP contribution in [0, 0.1) is 0 Å². The summed E-state index contributed by atoms with van der Waals surface area (Å²) in [6.07, 6.45) is 0.259. The maximum absolute atomic E-state index is 14.7. The van der Waals surface area contributed by atoms with Gasteiger partial charge < -0.3 is 9.47 Å². The van der Waals surface area contributed by atoms with Gasteiger partial charge in [0.05, 0.1) is 5.69 Å². The number of carbonyl (C=O) groups is 2. The van der Waals surface area contributed by atoms with Crippen LogP contribution in [0.5, 0.6) is 0 Å². The van der Waals surface area contributed by atoms with Gasteiger partial charge in [-0.1, -0.05) is 84.9 Å². The lowest BCUT2D eigenvalue weighted by Crippen LogP contribution is -2.84. The molecule has 0 aromatic heterocycles. The highest BCUT2D eigenvalue weighted by Gasteiger charge is 2.88. The largest absolute Gasteiger partial charge is 0.419 e. The lowest BCUT2D eigenvalue weighted by Gasteiger charge is -2.62. The first kappa shape index (κ1) is 23.5. The van der Waals surface area contributed by atoms with E-state index in [2.05, 4.69) is 0 Å². The second kappa shape index (κ2) is 8.46. The number of rotatable bonds is 5. The number of amides is 2. The molecule has 2 amide bonds. The number of fused-ring (bicyclic) bond motifs is 4. The minimum Gasteiger partial charge on any atom is -0.419 e. The number of hydrogen-bond acceptors (Lipinski definition) is 6. The SMILES string of the molecule is CO[C@@]12OC(c3ccccc3)=N[C@@]1(Cc1ccccc1)[C@]1(O2)C(=O)N(c2ccccc2)C(=O)c2ccccc21. The van der Waals surface area contributed by atoms with Gasteiger partial charge in [-0.3, -0.25) is 14.3 Å². The number of methoxy groups -OCH3 is 1. The van der Waals surface area contributed by atoms with Crippen LogP contribution in [0.25, 0.3) is 0 Å². The van der Waals surface area contributed by atoms with E-state index in [9.17, 15) is 9.59 Å². The van der Waals surface area contributed by atoms with Crippen molar-refractivity contribution in [3.63, 3.8) is 0 Å². The van der Waals surface area contributed by atoms with E-state index in [1.165, 1.54) is 12.0 Å². The van der Waals surface area contributed by atoms with E-state index in [-0.39, 0.29) is 6.42 Å². The van der Waals surface area contributed by atoms with Gasteiger partial charge in [0.25, 0.3) is 11.8 Å². The van der Waals surface area contributed by atoms with E-state index in [0.717, 1.165) is 11.1 Å². The summed E-state index contributed by atoms with van der Waals surface area (Å²) in [6.45, 7) is 0. The molecular weight excluding hydrogens is 492 g/mol. The predicted molar refractivity (Wildman–Crippen MR) is 144 cm³/mol. The van der Waals surface area contributed by atoms with Crippen molar-refractivity contribution in [3.8, 4) is 0 Å². The summed E-state index contributed by atoms with van der Waals surface area (Å²) in [6, 6.07) is 35.1. The fourth-order valence-corrected chi connectivity index (χ4v) is 6.01. The first-order chi connectivity index (χ1) is 19.1. The summed E-state index contributed by atoms with van der Waals surface area (Å²) in [5.74, 6) is -2.35. The Morgan fingerprint density at radius 1 is 0.795 bits per heavy atom. The van der Waals surface area contributed by atoms with Crippen molar-refractivity contribution in [2.45, 2.75) is 23.5 Å². The zero-order chi connectivity index (χ0) is 26.7. The molecule has 39 heavy (non-hydrogen) atoms. The van der Waals surface area contributed by atoms with Crippen molar-refractivity contribution in [1.29, 1.82) is 0 Å². The molecule has 3 aliphatic heterocycles. The Kier molecular flexibility index (Phi) is 5.10. The number of benzene rings is 4. The summed E-state index contributed by atoms with van der Waals surface area (Å²) >= 11 is 0. The van der Waals surface area contributed by atoms with Crippen molar-refractivity contribution < 1.29 is 23.8 Å². The van der Waals surface area contributed by atoms with Crippen molar-refractivity contribution in [1.82, 2.24) is 0 Å². The van der Waals surface area contributed by atoms with Gasteiger partial charge in [0, 0.05) is 30.2 Å². The number of ether oxygens (including phenoxy) is 3. The molecule has 3 aliphatic rings. The van der Waals surface area contributed by atoms with Gasteiger partial charge >= 0.3 is 5.97 Å². The van der Waals surface area contributed by atoms with Crippen LogP contribution >= 0.6 is 0 Å². The molecule has 7 heteroatoms. The van der Waals surface area contributed by atoms with Crippen molar-refractivity contribution in [3.05, 3.63) is 138 Å². The summed E-state index contributed by atoms with van der Waals surface area (Å²) in [7, 11) is 1.48. The average molecular weight is 517 g/mol. The average Bonchev–Trinajstić information content (AvgIpc) is 3.24. The number of aliphatic imine (C=N–C) groups is 1. The molecular formula is C32H24N2O5.